The van der Waals surface area contributed by atoms with Crippen LogP contribution in [0, 0.1) is 11.3 Å². The maximum Gasteiger partial charge on any atom is 0.249 e. The Labute approximate surface area is 173 Å². The first kappa shape index (κ1) is 19.8. The zero-order valence-electron chi connectivity index (χ0n) is 16.2. The lowest BCUT2D eigenvalue weighted by atomic mass is 9.76. The number of carbonyl (C=O) groups excluding carboxylic acids is 1. The molecule has 1 fully saturated rings. The van der Waals surface area contributed by atoms with Gasteiger partial charge in [-0.25, -0.2) is 8.78 Å². The predicted octanol–water partition coefficient (Wildman–Crippen LogP) is 4.50. The van der Waals surface area contributed by atoms with Crippen molar-refractivity contribution in [2.24, 2.45) is 0 Å². The van der Waals surface area contributed by atoms with Gasteiger partial charge < -0.3 is 5.32 Å². The highest BCUT2D eigenvalue weighted by molar-refractivity contribution is 5.91. The highest BCUT2D eigenvalue weighted by atomic mass is 19.3. The first-order valence-electron chi connectivity index (χ1n) is 9.69. The van der Waals surface area contributed by atoms with Gasteiger partial charge in [-0.05, 0) is 34.7 Å². The average molecular weight is 406 g/mol. The zero-order chi connectivity index (χ0) is 21.1. The quantitative estimate of drug-likeness (QED) is 0.655. The van der Waals surface area contributed by atoms with Crippen molar-refractivity contribution in [3.63, 3.8) is 0 Å². The number of alkyl halides is 2. The number of nitrogens with one attached hydrogen (secondary N) is 1. The molecule has 1 amide bonds. The van der Waals surface area contributed by atoms with Crippen LogP contribution in [0.2, 0.25) is 0 Å². The second-order valence-corrected chi connectivity index (χ2v) is 7.63. The minimum absolute atomic E-state index is 0.0945. The van der Waals surface area contributed by atoms with E-state index < -0.39 is 5.92 Å². The lowest BCUT2D eigenvalue weighted by Crippen LogP contribution is -2.33. The van der Waals surface area contributed by atoms with Gasteiger partial charge in [-0.15, -0.1) is 0 Å². The predicted molar refractivity (Wildman–Crippen MR) is 108 cm³/mol. The molecule has 1 N–H and O–H groups in total. The normalized spacial score (nSPS) is 15.2. The number of hydrogen-bond donors (Lipinski definition) is 1. The van der Waals surface area contributed by atoms with Gasteiger partial charge in [-0.2, -0.15) is 10.4 Å². The van der Waals surface area contributed by atoms with Crippen molar-refractivity contribution in [3.8, 4) is 6.07 Å². The number of halogens is 2. The summed E-state index contributed by atoms with van der Waals surface area (Å²) in [4.78, 5) is 12.3. The van der Waals surface area contributed by atoms with Crippen molar-refractivity contribution in [1.82, 2.24) is 9.78 Å². The molecule has 0 aliphatic heterocycles. The van der Waals surface area contributed by atoms with Gasteiger partial charge in [-0.1, -0.05) is 36.4 Å². The molecule has 0 bridgehead atoms. The van der Waals surface area contributed by atoms with Crippen LogP contribution < -0.4 is 5.32 Å². The van der Waals surface area contributed by atoms with Gasteiger partial charge in [0.2, 0.25) is 11.8 Å². The third-order valence-electron chi connectivity index (χ3n) is 5.24. The molecule has 1 aromatic heterocycles. The molecule has 7 heteroatoms. The van der Waals surface area contributed by atoms with E-state index in [-0.39, 0.29) is 31.1 Å². The number of carbonyl (C=O) groups is 1. The fourth-order valence-electron chi connectivity index (χ4n) is 3.57. The Kier molecular flexibility index (Phi) is 5.32. The number of benzene rings is 2. The molecule has 1 saturated carbocycles. The lowest BCUT2D eigenvalue weighted by molar-refractivity contribution is -0.115. The molecular formula is C23H20F2N4O. The van der Waals surface area contributed by atoms with E-state index in [4.69, 9.17) is 5.26 Å². The van der Waals surface area contributed by atoms with Gasteiger partial charge in [0.1, 0.15) is 0 Å². The number of rotatable bonds is 6. The van der Waals surface area contributed by atoms with Crippen LogP contribution in [0.3, 0.4) is 0 Å². The van der Waals surface area contributed by atoms with E-state index in [1.165, 1.54) is 0 Å². The summed E-state index contributed by atoms with van der Waals surface area (Å²) in [6.07, 6.45) is 1.76. The van der Waals surface area contributed by atoms with E-state index in [9.17, 15) is 13.6 Å². The Morgan fingerprint density at radius 3 is 2.40 bits per heavy atom. The second-order valence-electron chi connectivity index (χ2n) is 7.63. The largest absolute Gasteiger partial charge is 0.309 e. The van der Waals surface area contributed by atoms with Crippen LogP contribution >= 0.6 is 0 Å². The fraction of sp³-hybridized carbons (Fsp3) is 0.261. The van der Waals surface area contributed by atoms with Gasteiger partial charge in [0.05, 0.1) is 24.6 Å². The van der Waals surface area contributed by atoms with Crippen LogP contribution in [0.25, 0.3) is 0 Å². The van der Waals surface area contributed by atoms with Crippen molar-refractivity contribution in [1.29, 1.82) is 5.26 Å². The molecule has 2 aromatic carbocycles. The molecule has 0 atom stereocenters. The van der Waals surface area contributed by atoms with Gasteiger partial charge in [-0.3, -0.25) is 9.48 Å². The highest BCUT2D eigenvalue weighted by Gasteiger charge is 2.45. The maximum absolute atomic E-state index is 13.0. The van der Waals surface area contributed by atoms with Gasteiger partial charge >= 0.3 is 0 Å². The SMILES string of the molecule is N#Cc1ccc(Cn2ccc(NC(=O)Cc3ccc(C4CC(F)(F)C4)cc3)n2)cc1. The molecule has 1 heterocycles. The number of aromatic nitrogens is 2. The first-order chi connectivity index (χ1) is 14.4. The smallest absolute Gasteiger partial charge is 0.249 e. The minimum atomic E-state index is -2.54. The van der Waals surface area contributed by atoms with Crippen LogP contribution in [-0.2, 0) is 17.8 Å². The summed E-state index contributed by atoms with van der Waals surface area (Å²) in [6, 6.07) is 18.3. The van der Waals surface area contributed by atoms with Gasteiger partial charge in [0.25, 0.3) is 0 Å². The zero-order valence-corrected chi connectivity index (χ0v) is 16.2. The molecule has 152 valence electrons. The Bertz CT molecular complexity index is 1070. The molecule has 0 saturated heterocycles. The first-order valence-corrected chi connectivity index (χ1v) is 9.69. The van der Waals surface area contributed by atoms with Crippen molar-refractivity contribution in [2.75, 3.05) is 5.32 Å². The molecule has 0 unspecified atom stereocenters. The van der Waals surface area contributed by atoms with Crippen molar-refractivity contribution >= 4 is 11.7 Å². The Balaban J connectivity index is 1.29. The van der Waals surface area contributed by atoms with Crippen molar-refractivity contribution < 1.29 is 13.6 Å². The summed E-state index contributed by atoms with van der Waals surface area (Å²) in [6.45, 7) is 0.531. The molecule has 5 nitrogen and oxygen atoms in total. The van der Waals surface area contributed by atoms with E-state index in [1.54, 1.807) is 29.1 Å². The molecule has 0 radical (unpaired) electrons. The molecule has 0 spiro atoms. The fourth-order valence-corrected chi connectivity index (χ4v) is 3.57. The highest BCUT2D eigenvalue weighted by Crippen LogP contribution is 2.48. The summed E-state index contributed by atoms with van der Waals surface area (Å²) in [7, 11) is 0. The van der Waals surface area contributed by atoms with Crippen LogP contribution in [0.1, 0.15) is 41.0 Å². The average Bonchev–Trinajstić information content (AvgIpc) is 3.14. The van der Waals surface area contributed by atoms with E-state index in [0.717, 1.165) is 16.7 Å². The summed E-state index contributed by atoms with van der Waals surface area (Å²) in [5.74, 6) is -2.36. The van der Waals surface area contributed by atoms with Crippen molar-refractivity contribution in [2.45, 2.75) is 37.6 Å². The van der Waals surface area contributed by atoms with Crippen LogP contribution in [0.4, 0.5) is 14.6 Å². The van der Waals surface area contributed by atoms with E-state index >= 15 is 0 Å². The summed E-state index contributed by atoms with van der Waals surface area (Å²) in [5.41, 5.74) is 3.32. The molecule has 30 heavy (non-hydrogen) atoms. The number of anilines is 1. The molecule has 1 aliphatic rings. The molecule has 4 rings (SSSR count). The number of nitrogens with zero attached hydrogens (tertiary/aromatic N) is 3. The van der Waals surface area contributed by atoms with E-state index in [0.29, 0.717) is 17.9 Å². The number of nitriles is 1. The topological polar surface area (TPSA) is 70.7 Å². The van der Waals surface area contributed by atoms with Crippen molar-refractivity contribution in [3.05, 3.63) is 83.0 Å². The van der Waals surface area contributed by atoms with E-state index in [2.05, 4.69) is 16.5 Å². The Morgan fingerprint density at radius 1 is 1.10 bits per heavy atom. The van der Waals surface area contributed by atoms with Gasteiger partial charge in [0.15, 0.2) is 5.82 Å². The van der Waals surface area contributed by atoms with Crippen LogP contribution in [0.15, 0.2) is 60.8 Å². The second kappa shape index (κ2) is 8.07. The third-order valence-corrected chi connectivity index (χ3v) is 5.24. The third kappa shape index (κ3) is 4.71. The number of amides is 1. The monoisotopic (exact) mass is 406 g/mol. The number of hydrogen-bond acceptors (Lipinski definition) is 3. The Morgan fingerprint density at radius 2 is 1.77 bits per heavy atom. The summed E-state index contributed by atoms with van der Waals surface area (Å²) in [5, 5.41) is 16.0. The van der Waals surface area contributed by atoms with Crippen LogP contribution in [0.5, 0.6) is 0 Å². The van der Waals surface area contributed by atoms with E-state index in [1.807, 2.05) is 36.4 Å². The minimum Gasteiger partial charge on any atom is -0.309 e. The van der Waals surface area contributed by atoms with Gasteiger partial charge in [0, 0.05) is 25.1 Å². The maximum atomic E-state index is 13.0. The van der Waals surface area contributed by atoms with Crippen LogP contribution in [-0.4, -0.2) is 21.6 Å². The molecular weight excluding hydrogens is 386 g/mol. The standard InChI is InChI=1S/C23H20F2N4O/c24-23(25)12-20(13-23)19-7-5-16(6-8-19)11-22(30)27-21-9-10-29(28-21)15-18-3-1-17(14-26)2-4-18/h1-10,20H,11-13,15H2,(H,27,28,30). The lowest BCUT2D eigenvalue weighted by Gasteiger charge is -2.35. The Hall–Kier alpha value is -3.53. The summed E-state index contributed by atoms with van der Waals surface area (Å²) >= 11 is 0. The molecule has 3 aromatic rings. The molecule has 1 aliphatic carbocycles. The summed E-state index contributed by atoms with van der Waals surface area (Å²) < 4.78 is 27.7.